The first kappa shape index (κ1) is 11.0. The Morgan fingerprint density at radius 2 is 2.07 bits per heavy atom. The minimum atomic E-state index is -0.621. The highest BCUT2D eigenvalue weighted by molar-refractivity contribution is 6.32. The summed E-state index contributed by atoms with van der Waals surface area (Å²) in [5.41, 5.74) is 0. The number of aromatic nitrogens is 2. The Bertz CT molecular complexity index is 322. The van der Waals surface area contributed by atoms with Crippen LogP contribution in [0.3, 0.4) is 0 Å². The van der Waals surface area contributed by atoms with Crippen LogP contribution < -0.4 is 5.32 Å². The highest BCUT2D eigenvalue weighted by Crippen LogP contribution is 2.14. The fourth-order valence-corrected chi connectivity index (χ4v) is 0.778. The van der Waals surface area contributed by atoms with E-state index in [-0.39, 0.29) is 17.8 Å². The van der Waals surface area contributed by atoms with E-state index < -0.39 is 5.38 Å². The van der Waals surface area contributed by atoms with Gasteiger partial charge in [-0.15, -0.1) is 16.7 Å². The van der Waals surface area contributed by atoms with E-state index in [0.717, 1.165) is 0 Å². The molecule has 1 aromatic heterocycles. The second-order valence-corrected chi connectivity index (χ2v) is 3.86. The second-order valence-electron chi connectivity index (χ2n) is 3.21. The minimum absolute atomic E-state index is 0.0891. The van der Waals surface area contributed by atoms with Gasteiger partial charge in [-0.3, -0.25) is 10.1 Å². The minimum Gasteiger partial charge on any atom is -0.408 e. The van der Waals surface area contributed by atoms with E-state index in [1.54, 1.807) is 6.92 Å². The zero-order valence-electron chi connectivity index (χ0n) is 8.24. The van der Waals surface area contributed by atoms with Crippen molar-refractivity contribution in [1.82, 2.24) is 10.2 Å². The zero-order chi connectivity index (χ0) is 10.7. The molecule has 0 saturated heterocycles. The summed E-state index contributed by atoms with van der Waals surface area (Å²) >= 11 is 5.55. The SMILES string of the molecule is CC(Cl)C(=O)Nc1nnc(C(C)C)o1. The number of alkyl halides is 1. The number of hydrogen-bond donors (Lipinski definition) is 1. The molecule has 6 heteroatoms. The van der Waals surface area contributed by atoms with Gasteiger partial charge in [0.1, 0.15) is 5.38 Å². The van der Waals surface area contributed by atoms with Crippen LogP contribution in [0, 0.1) is 0 Å². The number of hydrogen-bond acceptors (Lipinski definition) is 4. The van der Waals surface area contributed by atoms with Gasteiger partial charge >= 0.3 is 6.01 Å². The summed E-state index contributed by atoms with van der Waals surface area (Å²) in [4.78, 5) is 11.1. The lowest BCUT2D eigenvalue weighted by molar-refractivity contribution is -0.115. The summed E-state index contributed by atoms with van der Waals surface area (Å²) in [5.74, 6) is 0.273. The van der Waals surface area contributed by atoms with Gasteiger partial charge in [0.25, 0.3) is 0 Å². The molecule has 1 heterocycles. The fraction of sp³-hybridized carbons (Fsp3) is 0.625. The molecule has 0 aliphatic carbocycles. The van der Waals surface area contributed by atoms with Gasteiger partial charge in [0.15, 0.2) is 0 Å². The van der Waals surface area contributed by atoms with E-state index >= 15 is 0 Å². The third kappa shape index (κ3) is 2.70. The van der Waals surface area contributed by atoms with Crippen LogP contribution in [0.4, 0.5) is 6.01 Å². The highest BCUT2D eigenvalue weighted by Gasteiger charge is 2.14. The van der Waals surface area contributed by atoms with E-state index in [1.807, 2.05) is 13.8 Å². The molecule has 1 aromatic rings. The summed E-state index contributed by atoms with van der Waals surface area (Å²) in [6, 6.07) is 0.0891. The molecule has 0 bridgehead atoms. The zero-order valence-corrected chi connectivity index (χ0v) is 9.00. The van der Waals surface area contributed by atoms with Gasteiger partial charge < -0.3 is 4.42 Å². The van der Waals surface area contributed by atoms with Crippen molar-refractivity contribution in [3.8, 4) is 0 Å². The molecule has 5 nitrogen and oxygen atoms in total. The predicted octanol–water partition coefficient (Wildman–Crippen LogP) is 1.76. The Morgan fingerprint density at radius 3 is 2.50 bits per heavy atom. The molecule has 0 fully saturated rings. The third-order valence-electron chi connectivity index (χ3n) is 1.53. The van der Waals surface area contributed by atoms with Crippen LogP contribution in [0.2, 0.25) is 0 Å². The summed E-state index contributed by atoms with van der Waals surface area (Å²) in [6.45, 7) is 5.41. The molecule has 0 aliphatic rings. The Labute approximate surface area is 86.8 Å². The van der Waals surface area contributed by atoms with Crippen molar-refractivity contribution < 1.29 is 9.21 Å². The molecular formula is C8H12ClN3O2. The number of nitrogens with one attached hydrogen (secondary N) is 1. The molecule has 0 aliphatic heterocycles. The lowest BCUT2D eigenvalue weighted by atomic mass is 10.2. The molecular weight excluding hydrogens is 206 g/mol. The summed E-state index contributed by atoms with van der Waals surface area (Å²) in [5, 5.41) is 9.19. The van der Waals surface area contributed by atoms with Crippen molar-refractivity contribution in [1.29, 1.82) is 0 Å². The fourth-order valence-electron chi connectivity index (χ4n) is 0.723. The smallest absolute Gasteiger partial charge is 0.322 e. The summed E-state index contributed by atoms with van der Waals surface area (Å²) in [7, 11) is 0. The molecule has 1 amide bonds. The first-order valence-corrected chi connectivity index (χ1v) is 4.72. The predicted molar refractivity (Wildman–Crippen MR) is 52.3 cm³/mol. The molecule has 14 heavy (non-hydrogen) atoms. The van der Waals surface area contributed by atoms with Gasteiger partial charge in [0.05, 0.1) is 0 Å². The van der Waals surface area contributed by atoms with Gasteiger partial charge in [-0.1, -0.05) is 18.9 Å². The van der Waals surface area contributed by atoms with Gasteiger partial charge in [0.2, 0.25) is 11.8 Å². The lowest BCUT2D eigenvalue weighted by Gasteiger charge is -2.00. The summed E-state index contributed by atoms with van der Waals surface area (Å²) in [6.07, 6.45) is 0. The first-order valence-electron chi connectivity index (χ1n) is 4.29. The molecule has 1 N–H and O–H groups in total. The van der Waals surface area contributed by atoms with Crippen LogP contribution in [-0.4, -0.2) is 21.5 Å². The average molecular weight is 218 g/mol. The van der Waals surface area contributed by atoms with E-state index in [2.05, 4.69) is 15.5 Å². The van der Waals surface area contributed by atoms with Crippen LogP contribution in [0.15, 0.2) is 4.42 Å². The normalized spacial score (nSPS) is 12.9. The van der Waals surface area contributed by atoms with Crippen molar-refractivity contribution >= 4 is 23.5 Å². The van der Waals surface area contributed by atoms with Crippen LogP contribution in [0.1, 0.15) is 32.6 Å². The van der Waals surface area contributed by atoms with Gasteiger partial charge in [-0.25, -0.2) is 0 Å². The maximum Gasteiger partial charge on any atom is 0.322 e. The monoisotopic (exact) mass is 217 g/mol. The number of carbonyl (C=O) groups excluding carboxylic acids is 1. The number of halogens is 1. The Kier molecular flexibility index (Phi) is 3.46. The largest absolute Gasteiger partial charge is 0.408 e. The molecule has 0 radical (unpaired) electrons. The quantitative estimate of drug-likeness (QED) is 0.784. The van der Waals surface area contributed by atoms with E-state index in [4.69, 9.17) is 16.0 Å². The maximum atomic E-state index is 11.1. The number of amides is 1. The molecule has 0 aromatic carbocycles. The lowest BCUT2D eigenvalue weighted by Crippen LogP contribution is -2.20. The number of anilines is 1. The van der Waals surface area contributed by atoms with Crippen molar-refractivity contribution in [3.63, 3.8) is 0 Å². The number of nitrogens with zero attached hydrogens (tertiary/aromatic N) is 2. The average Bonchev–Trinajstić information content (AvgIpc) is 2.52. The molecule has 1 unspecified atom stereocenters. The molecule has 0 spiro atoms. The maximum absolute atomic E-state index is 11.1. The molecule has 0 saturated carbocycles. The van der Waals surface area contributed by atoms with E-state index in [1.165, 1.54) is 0 Å². The van der Waals surface area contributed by atoms with E-state index in [0.29, 0.717) is 5.89 Å². The van der Waals surface area contributed by atoms with Crippen LogP contribution in [0.25, 0.3) is 0 Å². The number of rotatable bonds is 3. The van der Waals surface area contributed by atoms with Crippen molar-refractivity contribution in [3.05, 3.63) is 5.89 Å². The van der Waals surface area contributed by atoms with Crippen molar-refractivity contribution in [2.75, 3.05) is 5.32 Å². The third-order valence-corrected chi connectivity index (χ3v) is 1.72. The van der Waals surface area contributed by atoms with E-state index in [9.17, 15) is 4.79 Å². The first-order chi connectivity index (χ1) is 6.50. The standard InChI is InChI=1S/C8H12ClN3O2/c1-4(2)7-11-12-8(14-7)10-6(13)5(3)9/h4-5H,1-3H3,(H,10,12,13). The van der Waals surface area contributed by atoms with Gasteiger partial charge in [-0.2, -0.15) is 0 Å². The Balaban J connectivity index is 2.64. The summed E-state index contributed by atoms with van der Waals surface area (Å²) < 4.78 is 5.15. The van der Waals surface area contributed by atoms with Gasteiger partial charge in [-0.05, 0) is 6.92 Å². The molecule has 1 rings (SSSR count). The van der Waals surface area contributed by atoms with Crippen LogP contribution >= 0.6 is 11.6 Å². The van der Waals surface area contributed by atoms with Crippen LogP contribution in [0.5, 0.6) is 0 Å². The Hall–Kier alpha value is -1.10. The highest BCUT2D eigenvalue weighted by atomic mass is 35.5. The molecule has 1 atom stereocenters. The van der Waals surface area contributed by atoms with Crippen molar-refractivity contribution in [2.24, 2.45) is 0 Å². The topological polar surface area (TPSA) is 68.0 Å². The second kappa shape index (κ2) is 4.41. The van der Waals surface area contributed by atoms with Gasteiger partial charge in [0, 0.05) is 5.92 Å². The van der Waals surface area contributed by atoms with Crippen molar-refractivity contribution in [2.45, 2.75) is 32.1 Å². The van der Waals surface area contributed by atoms with Crippen LogP contribution in [-0.2, 0) is 4.79 Å². The Morgan fingerprint density at radius 1 is 1.43 bits per heavy atom. The molecule has 78 valence electrons. The number of carbonyl (C=O) groups is 1.